The number of hydrogen-bond donors (Lipinski definition) is 2. The van der Waals surface area contributed by atoms with E-state index in [0.29, 0.717) is 5.13 Å². The number of anilines is 1. The van der Waals surface area contributed by atoms with Crippen molar-refractivity contribution >= 4 is 28.3 Å². The van der Waals surface area contributed by atoms with E-state index in [-0.39, 0.29) is 17.7 Å². The van der Waals surface area contributed by atoms with Crippen molar-refractivity contribution < 1.29 is 9.59 Å². The highest BCUT2D eigenvalue weighted by Crippen LogP contribution is 2.14. The zero-order valence-electron chi connectivity index (χ0n) is 10.3. The summed E-state index contributed by atoms with van der Waals surface area (Å²) in [4.78, 5) is 22.9. The summed E-state index contributed by atoms with van der Waals surface area (Å²) < 4.78 is 0. The van der Waals surface area contributed by atoms with Gasteiger partial charge in [-0.15, -0.1) is 10.2 Å². The molecule has 0 saturated carbocycles. The lowest BCUT2D eigenvalue weighted by Crippen LogP contribution is -2.46. The van der Waals surface area contributed by atoms with Crippen molar-refractivity contribution in [2.75, 3.05) is 5.32 Å². The number of nitrogens with one attached hydrogen (secondary N) is 2. The molecule has 6 nitrogen and oxygen atoms in total. The summed E-state index contributed by atoms with van der Waals surface area (Å²) >= 11 is 1.30. The largest absolute Gasteiger partial charge is 0.344 e. The monoisotopic (exact) mass is 256 g/mol. The predicted molar refractivity (Wildman–Crippen MR) is 65.7 cm³/mol. The van der Waals surface area contributed by atoms with E-state index in [1.807, 2.05) is 13.8 Å². The molecule has 0 spiro atoms. The topological polar surface area (TPSA) is 84.0 Å². The Morgan fingerprint density at radius 1 is 1.29 bits per heavy atom. The second-order valence-electron chi connectivity index (χ2n) is 4.04. The number of carbonyl (C=O) groups is 2. The first-order valence-electron chi connectivity index (χ1n) is 5.28. The Morgan fingerprint density at radius 2 is 1.94 bits per heavy atom. The van der Waals surface area contributed by atoms with Gasteiger partial charge in [0.2, 0.25) is 16.9 Å². The van der Waals surface area contributed by atoms with E-state index in [1.165, 1.54) is 18.3 Å². The zero-order chi connectivity index (χ0) is 13.0. The van der Waals surface area contributed by atoms with Crippen molar-refractivity contribution in [3.63, 3.8) is 0 Å². The molecule has 0 aliphatic carbocycles. The normalized spacial score (nSPS) is 12.3. The van der Waals surface area contributed by atoms with Crippen molar-refractivity contribution in [2.24, 2.45) is 5.92 Å². The number of amides is 2. The van der Waals surface area contributed by atoms with Gasteiger partial charge in [-0.1, -0.05) is 25.2 Å². The second-order valence-corrected chi connectivity index (χ2v) is 5.22. The maximum atomic E-state index is 11.9. The van der Waals surface area contributed by atoms with Gasteiger partial charge in [-0.2, -0.15) is 0 Å². The molecule has 0 aliphatic rings. The van der Waals surface area contributed by atoms with E-state index in [1.54, 1.807) is 6.92 Å². The molecule has 1 rings (SSSR count). The van der Waals surface area contributed by atoms with E-state index >= 15 is 0 Å². The second kappa shape index (κ2) is 5.72. The van der Waals surface area contributed by atoms with E-state index in [2.05, 4.69) is 20.8 Å². The molecule has 0 aliphatic heterocycles. The van der Waals surface area contributed by atoms with Crippen LogP contribution in [0.3, 0.4) is 0 Å². The van der Waals surface area contributed by atoms with Crippen molar-refractivity contribution in [3.05, 3.63) is 5.01 Å². The Bertz CT molecular complexity index is 416. The summed E-state index contributed by atoms with van der Waals surface area (Å²) in [5, 5.41) is 14.1. The lowest BCUT2D eigenvalue weighted by Gasteiger charge is -2.19. The quantitative estimate of drug-likeness (QED) is 0.840. The number of rotatable bonds is 4. The molecule has 17 heavy (non-hydrogen) atoms. The fraction of sp³-hybridized carbons (Fsp3) is 0.600. The van der Waals surface area contributed by atoms with E-state index in [4.69, 9.17) is 0 Å². The van der Waals surface area contributed by atoms with Crippen LogP contribution >= 0.6 is 11.3 Å². The van der Waals surface area contributed by atoms with Gasteiger partial charge in [0.05, 0.1) is 0 Å². The molecular weight excluding hydrogens is 240 g/mol. The highest BCUT2D eigenvalue weighted by molar-refractivity contribution is 7.15. The first-order chi connectivity index (χ1) is 7.90. The Morgan fingerprint density at radius 3 is 2.35 bits per heavy atom. The molecule has 2 amide bonds. The molecule has 0 bridgehead atoms. The number of carbonyl (C=O) groups excluding carboxylic acids is 2. The van der Waals surface area contributed by atoms with Crippen LogP contribution in [-0.4, -0.2) is 28.1 Å². The number of aryl methyl sites for hydroxylation is 1. The van der Waals surface area contributed by atoms with Crippen molar-refractivity contribution in [1.29, 1.82) is 0 Å². The van der Waals surface area contributed by atoms with Crippen molar-refractivity contribution in [1.82, 2.24) is 15.5 Å². The minimum absolute atomic E-state index is 0.00733. The Hall–Kier alpha value is -1.50. The van der Waals surface area contributed by atoms with Gasteiger partial charge < -0.3 is 5.32 Å². The first kappa shape index (κ1) is 13.6. The Kier molecular flexibility index (Phi) is 4.56. The highest BCUT2D eigenvalue weighted by Gasteiger charge is 2.23. The van der Waals surface area contributed by atoms with Gasteiger partial charge in [-0.05, 0) is 12.8 Å². The number of nitrogens with zero attached hydrogens (tertiary/aromatic N) is 2. The van der Waals surface area contributed by atoms with Crippen LogP contribution in [0.25, 0.3) is 0 Å². The molecule has 0 fully saturated rings. The molecule has 7 heteroatoms. The van der Waals surface area contributed by atoms with Crippen LogP contribution in [0.15, 0.2) is 0 Å². The summed E-state index contributed by atoms with van der Waals surface area (Å²) in [5.74, 6) is -0.494. The van der Waals surface area contributed by atoms with Gasteiger partial charge in [0.15, 0.2) is 0 Å². The van der Waals surface area contributed by atoms with Gasteiger partial charge in [0.1, 0.15) is 11.0 Å². The summed E-state index contributed by atoms with van der Waals surface area (Å²) in [6, 6.07) is -0.559. The zero-order valence-corrected chi connectivity index (χ0v) is 11.1. The molecule has 0 radical (unpaired) electrons. The van der Waals surface area contributed by atoms with Gasteiger partial charge >= 0.3 is 0 Å². The first-order valence-corrected chi connectivity index (χ1v) is 6.10. The molecule has 1 atom stereocenters. The molecule has 94 valence electrons. The fourth-order valence-electron chi connectivity index (χ4n) is 1.28. The fourth-order valence-corrected chi connectivity index (χ4v) is 1.88. The molecule has 1 aromatic heterocycles. The molecule has 1 aromatic rings. The van der Waals surface area contributed by atoms with Crippen molar-refractivity contribution in [2.45, 2.75) is 33.7 Å². The van der Waals surface area contributed by atoms with Crippen LogP contribution < -0.4 is 10.6 Å². The standard InChI is InChI=1S/C10H16N4O2S/c1-5(2)8(11-6(3)15)9(16)12-10-14-13-7(4)17-10/h5,8H,1-4H3,(H,11,15)(H,12,14,16). The molecule has 0 saturated heterocycles. The van der Waals surface area contributed by atoms with Gasteiger partial charge in [0.25, 0.3) is 0 Å². The van der Waals surface area contributed by atoms with Gasteiger partial charge in [-0.3, -0.25) is 14.9 Å². The molecule has 2 N–H and O–H groups in total. The third kappa shape index (κ3) is 4.10. The number of hydrogen-bond acceptors (Lipinski definition) is 5. The maximum Gasteiger partial charge on any atom is 0.249 e. The lowest BCUT2D eigenvalue weighted by atomic mass is 10.0. The summed E-state index contributed by atoms with van der Waals surface area (Å²) in [6.07, 6.45) is 0. The van der Waals surface area contributed by atoms with Crippen LogP contribution in [-0.2, 0) is 9.59 Å². The Balaban J connectivity index is 2.68. The third-order valence-corrected chi connectivity index (χ3v) is 2.82. The third-order valence-electron chi connectivity index (χ3n) is 2.06. The number of aromatic nitrogens is 2. The predicted octanol–water partition coefficient (Wildman–Crippen LogP) is 0.946. The van der Waals surface area contributed by atoms with Crippen LogP contribution in [0.4, 0.5) is 5.13 Å². The average molecular weight is 256 g/mol. The average Bonchev–Trinajstić information content (AvgIpc) is 2.59. The van der Waals surface area contributed by atoms with E-state index in [0.717, 1.165) is 5.01 Å². The molecule has 1 unspecified atom stereocenters. The summed E-state index contributed by atoms with van der Waals surface area (Å²) in [6.45, 7) is 6.93. The SMILES string of the molecule is CC(=O)NC(C(=O)Nc1nnc(C)s1)C(C)C. The minimum Gasteiger partial charge on any atom is -0.344 e. The Labute approximate surface area is 104 Å². The van der Waals surface area contributed by atoms with Crippen LogP contribution in [0.1, 0.15) is 25.8 Å². The van der Waals surface area contributed by atoms with Crippen molar-refractivity contribution in [3.8, 4) is 0 Å². The van der Waals surface area contributed by atoms with E-state index in [9.17, 15) is 9.59 Å². The minimum atomic E-state index is -0.559. The lowest BCUT2D eigenvalue weighted by molar-refractivity contribution is -0.126. The van der Waals surface area contributed by atoms with Crippen LogP contribution in [0, 0.1) is 12.8 Å². The molecule has 0 aromatic carbocycles. The van der Waals surface area contributed by atoms with E-state index < -0.39 is 6.04 Å². The van der Waals surface area contributed by atoms with Crippen LogP contribution in [0.2, 0.25) is 0 Å². The van der Waals surface area contributed by atoms with Gasteiger partial charge in [-0.25, -0.2) is 0 Å². The summed E-state index contributed by atoms with van der Waals surface area (Å²) in [7, 11) is 0. The highest BCUT2D eigenvalue weighted by atomic mass is 32.1. The molecular formula is C10H16N4O2S. The van der Waals surface area contributed by atoms with Gasteiger partial charge in [0, 0.05) is 6.92 Å². The maximum absolute atomic E-state index is 11.9. The smallest absolute Gasteiger partial charge is 0.249 e. The summed E-state index contributed by atoms with van der Waals surface area (Å²) in [5.41, 5.74) is 0. The van der Waals surface area contributed by atoms with Crippen LogP contribution in [0.5, 0.6) is 0 Å². The molecule has 1 heterocycles.